The normalized spacial score (nSPS) is 14.5. The average molecular weight is 220 g/mol. The third kappa shape index (κ3) is 2.44. The Balaban J connectivity index is 2.84. The largest absolute Gasteiger partial charge is 0.387 e. The third-order valence-corrected chi connectivity index (χ3v) is 3.46. The second kappa shape index (κ2) is 3.96. The van der Waals surface area contributed by atoms with Crippen molar-refractivity contribution in [2.24, 2.45) is 11.1 Å². The second-order valence-corrected chi connectivity index (χ2v) is 5.14. The van der Waals surface area contributed by atoms with Crippen molar-refractivity contribution in [2.45, 2.75) is 20.0 Å². The standard InChI is InChI=1S/C9H14ClNOS/c1-9(2,5-11)8(12)7-3-6(10)4-13-7/h3-4,8,12H,5,11H2,1-2H3. The van der Waals surface area contributed by atoms with Crippen molar-refractivity contribution in [1.82, 2.24) is 0 Å². The van der Waals surface area contributed by atoms with Gasteiger partial charge < -0.3 is 10.8 Å². The first-order chi connectivity index (χ1) is 5.97. The maximum Gasteiger partial charge on any atom is 0.0945 e. The fraction of sp³-hybridized carbons (Fsp3) is 0.556. The molecule has 74 valence electrons. The van der Waals surface area contributed by atoms with E-state index < -0.39 is 6.10 Å². The van der Waals surface area contributed by atoms with E-state index in [-0.39, 0.29) is 5.41 Å². The van der Waals surface area contributed by atoms with Crippen molar-refractivity contribution >= 4 is 22.9 Å². The fourth-order valence-corrected chi connectivity index (χ4v) is 2.24. The SMILES string of the molecule is CC(C)(CN)C(O)c1cc(Cl)cs1. The Morgan fingerprint density at radius 3 is 2.69 bits per heavy atom. The van der Waals surface area contributed by atoms with Crippen molar-refractivity contribution in [1.29, 1.82) is 0 Å². The number of aliphatic hydroxyl groups is 1. The zero-order valence-electron chi connectivity index (χ0n) is 7.75. The summed E-state index contributed by atoms with van der Waals surface area (Å²) in [5.74, 6) is 0. The lowest BCUT2D eigenvalue weighted by Crippen LogP contribution is -2.30. The molecule has 3 N–H and O–H groups in total. The molecule has 0 fully saturated rings. The van der Waals surface area contributed by atoms with Crippen LogP contribution in [0.4, 0.5) is 0 Å². The van der Waals surface area contributed by atoms with Gasteiger partial charge in [-0.05, 0) is 6.07 Å². The number of halogens is 1. The molecule has 0 saturated carbocycles. The van der Waals surface area contributed by atoms with Crippen LogP contribution >= 0.6 is 22.9 Å². The van der Waals surface area contributed by atoms with Crippen LogP contribution in [0.25, 0.3) is 0 Å². The summed E-state index contributed by atoms with van der Waals surface area (Å²) >= 11 is 7.23. The van der Waals surface area contributed by atoms with Crippen LogP contribution < -0.4 is 5.73 Å². The molecule has 0 saturated heterocycles. The molecule has 0 aliphatic heterocycles. The van der Waals surface area contributed by atoms with Gasteiger partial charge in [-0.3, -0.25) is 0 Å². The van der Waals surface area contributed by atoms with Gasteiger partial charge in [0.1, 0.15) is 0 Å². The Morgan fingerprint density at radius 2 is 2.31 bits per heavy atom. The van der Waals surface area contributed by atoms with Crippen molar-refractivity contribution in [2.75, 3.05) is 6.54 Å². The van der Waals surface area contributed by atoms with E-state index in [4.69, 9.17) is 17.3 Å². The highest BCUT2D eigenvalue weighted by molar-refractivity contribution is 7.10. The topological polar surface area (TPSA) is 46.2 Å². The maximum atomic E-state index is 9.93. The highest BCUT2D eigenvalue weighted by atomic mass is 35.5. The van der Waals surface area contributed by atoms with E-state index in [0.29, 0.717) is 11.6 Å². The van der Waals surface area contributed by atoms with Crippen LogP contribution in [-0.2, 0) is 0 Å². The van der Waals surface area contributed by atoms with Crippen molar-refractivity contribution in [3.8, 4) is 0 Å². The highest BCUT2D eigenvalue weighted by Gasteiger charge is 2.28. The molecule has 1 aromatic heterocycles. The lowest BCUT2D eigenvalue weighted by Gasteiger charge is -2.27. The molecule has 0 spiro atoms. The Hall–Kier alpha value is -0.0900. The summed E-state index contributed by atoms with van der Waals surface area (Å²) in [6.07, 6.45) is -0.532. The number of hydrogen-bond acceptors (Lipinski definition) is 3. The van der Waals surface area contributed by atoms with Gasteiger partial charge in [0.2, 0.25) is 0 Å². The maximum absolute atomic E-state index is 9.93. The van der Waals surface area contributed by atoms with Crippen molar-refractivity contribution in [3.05, 3.63) is 21.3 Å². The molecule has 1 aromatic rings. The minimum absolute atomic E-state index is 0.297. The second-order valence-electron chi connectivity index (χ2n) is 3.76. The van der Waals surface area contributed by atoms with Crippen LogP contribution in [0, 0.1) is 5.41 Å². The quantitative estimate of drug-likeness (QED) is 0.820. The molecule has 1 heterocycles. The number of thiophene rings is 1. The molecule has 1 unspecified atom stereocenters. The van der Waals surface area contributed by atoms with E-state index >= 15 is 0 Å². The Morgan fingerprint density at radius 1 is 1.69 bits per heavy atom. The molecule has 13 heavy (non-hydrogen) atoms. The molecular weight excluding hydrogens is 206 g/mol. The van der Waals surface area contributed by atoms with E-state index in [0.717, 1.165) is 4.88 Å². The van der Waals surface area contributed by atoms with Crippen LogP contribution in [0.1, 0.15) is 24.8 Å². The monoisotopic (exact) mass is 219 g/mol. The predicted octanol–water partition coefficient (Wildman–Crippen LogP) is 2.42. The molecule has 0 aliphatic carbocycles. The first-order valence-corrected chi connectivity index (χ1v) is 5.35. The molecule has 1 atom stereocenters. The molecule has 2 nitrogen and oxygen atoms in total. The van der Waals surface area contributed by atoms with E-state index in [2.05, 4.69) is 0 Å². The van der Waals surface area contributed by atoms with Gasteiger partial charge in [0.05, 0.1) is 11.1 Å². The molecule has 0 radical (unpaired) electrons. The Labute approximate surface area is 87.3 Å². The van der Waals surface area contributed by atoms with Crippen LogP contribution in [0.2, 0.25) is 5.02 Å². The van der Waals surface area contributed by atoms with Crippen LogP contribution in [-0.4, -0.2) is 11.7 Å². The van der Waals surface area contributed by atoms with Crippen LogP contribution in [0.3, 0.4) is 0 Å². The zero-order valence-corrected chi connectivity index (χ0v) is 9.32. The third-order valence-electron chi connectivity index (χ3n) is 2.12. The smallest absolute Gasteiger partial charge is 0.0945 e. The highest BCUT2D eigenvalue weighted by Crippen LogP contribution is 2.36. The summed E-state index contributed by atoms with van der Waals surface area (Å²) in [7, 11) is 0. The summed E-state index contributed by atoms with van der Waals surface area (Å²) in [5, 5.41) is 12.4. The minimum atomic E-state index is -0.532. The lowest BCUT2D eigenvalue weighted by atomic mass is 9.86. The number of nitrogens with two attached hydrogens (primary N) is 1. The minimum Gasteiger partial charge on any atom is -0.387 e. The molecule has 0 aliphatic rings. The van der Waals surface area contributed by atoms with Crippen molar-refractivity contribution in [3.63, 3.8) is 0 Å². The summed E-state index contributed by atoms with van der Waals surface area (Å²) in [6, 6.07) is 1.79. The molecule has 4 heteroatoms. The van der Waals surface area contributed by atoms with Gasteiger partial charge in [0.15, 0.2) is 0 Å². The predicted molar refractivity (Wildman–Crippen MR) is 57.1 cm³/mol. The van der Waals surface area contributed by atoms with Gasteiger partial charge in [0.25, 0.3) is 0 Å². The van der Waals surface area contributed by atoms with Gasteiger partial charge in [-0.2, -0.15) is 0 Å². The summed E-state index contributed by atoms with van der Waals surface area (Å²) in [4.78, 5) is 0.875. The van der Waals surface area contributed by atoms with E-state index in [9.17, 15) is 5.11 Å². The van der Waals surface area contributed by atoms with Gasteiger partial charge in [0, 0.05) is 22.2 Å². The van der Waals surface area contributed by atoms with Gasteiger partial charge in [-0.15, -0.1) is 11.3 Å². The zero-order chi connectivity index (χ0) is 10.1. The first kappa shape index (κ1) is 11.0. The van der Waals surface area contributed by atoms with E-state index in [1.807, 2.05) is 19.2 Å². The summed E-state index contributed by atoms with van der Waals surface area (Å²) in [5.41, 5.74) is 5.27. The Bertz CT molecular complexity index is 285. The molecule has 0 amide bonds. The number of rotatable bonds is 3. The molecule has 1 rings (SSSR count). The Kier molecular flexibility index (Phi) is 3.35. The van der Waals surface area contributed by atoms with Gasteiger partial charge in [-0.25, -0.2) is 0 Å². The number of aliphatic hydroxyl groups excluding tert-OH is 1. The first-order valence-electron chi connectivity index (χ1n) is 4.09. The summed E-state index contributed by atoms with van der Waals surface area (Å²) in [6.45, 7) is 4.32. The molecule has 0 bridgehead atoms. The van der Waals surface area contributed by atoms with Crippen LogP contribution in [0.5, 0.6) is 0 Å². The summed E-state index contributed by atoms with van der Waals surface area (Å²) < 4.78 is 0. The molecule has 0 aromatic carbocycles. The van der Waals surface area contributed by atoms with Gasteiger partial charge >= 0.3 is 0 Å². The van der Waals surface area contributed by atoms with E-state index in [1.54, 1.807) is 6.07 Å². The average Bonchev–Trinajstić information content (AvgIpc) is 2.50. The fourth-order valence-electron chi connectivity index (χ4n) is 0.968. The van der Waals surface area contributed by atoms with Gasteiger partial charge in [-0.1, -0.05) is 25.4 Å². The number of hydrogen-bond donors (Lipinski definition) is 2. The van der Waals surface area contributed by atoms with Crippen molar-refractivity contribution < 1.29 is 5.11 Å². The molecular formula is C9H14ClNOS. The lowest BCUT2D eigenvalue weighted by molar-refractivity contribution is 0.0586. The van der Waals surface area contributed by atoms with Crippen LogP contribution in [0.15, 0.2) is 11.4 Å². The van der Waals surface area contributed by atoms with E-state index in [1.165, 1.54) is 11.3 Å².